The van der Waals surface area contributed by atoms with Crippen molar-refractivity contribution >= 4 is 17.2 Å². The molecular formula is C20H18N6O2. The molecule has 0 bridgehead atoms. The molecule has 3 heterocycles. The van der Waals surface area contributed by atoms with E-state index in [1.165, 1.54) is 0 Å². The van der Waals surface area contributed by atoms with E-state index in [1.807, 2.05) is 37.3 Å². The van der Waals surface area contributed by atoms with Gasteiger partial charge in [0.15, 0.2) is 11.5 Å². The number of methoxy groups -OCH3 is 2. The summed E-state index contributed by atoms with van der Waals surface area (Å²) in [5.41, 5.74) is 3.91. The summed E-state index contributed by atoms with van der Waals surface area (Å²) in [5.74, 6) is 1.95. The first kappa shape index (κ1) is 17.4. The minimum Gasteiger partial charge on any atom is -0.497 e. The first-order valence-electron chi connectivity index (χ1n) is 8.57. The maximum absolute atomic E-state index is 9.38. The van der Waals surface area contributed by atoms with Crippen molar-refractivity contribution in [1.82, 2.24) is 19.6 Å². The van der Waals surface area contributed by atoms with Crippen LogP contribution in [0.5, 0.6) is 11.5 Å². The van der Waals surface area contributed by atoms with Gasteiger partial charge in [0.2, 0.25) is 0 Å². The zero-order valence-electron chi connectivity index (χ0n) is 15.6. The molecule has 8 nitrogen and oxygen atoms in total. The van der Waals surface area contributed by atoms with Crippen LogP contribution in [0.4, 0.5) is 11.5 Å². The number of imidazole rings is 1. The Balaban J connectivity index is 1.89. The van der Waals surface area contributed by atoms with Crippen molar-refractivity contribution in [2.75, 3.05) is 19.5 Å². The van der Waals surface area contributed by atoms with Crippen molar-refractivity contribution in [2.24, 2.45) is 0 Å². The van der Waals surface area contributed by atoms with Gasteiger partial charge in [0.25, 0.3) is 0 Å². The lowest BCUT2D eigenvalue weighted by Crippen LogP contribution is -2.01. The number of aromatic nitrogens is 4. The molecule has 0 saturated heterocycles. The summed E-state index contributed by atoms with van der Waals surface area (Å²) in [4.78, 5) is 9.24. The number of benzene rings is 1. The maximum atomic E-state index is 9.38. The standard InChI is InChI=1S/C20H18N6O2/c1-12-5-4-6-16(23-12)18-20(26-19(25-18)13(10-21)11-22-26)24-15-8-7-14(27-2)9-17(15)28-3/h4-9,11,22,24H,1-3H3. The highest BCUT2D eigenvalue weighted by Gasteiger charge is 2.20. The Morgan fingerprint density at radius 2 is 2.00 bits per heavy atom. The zero-order chi connectivity index (χ0) is 19.7. The van der Waals surface area contributed by atoms with Crippen molar-refractivity contribution < 1.29 is 9.47 Å². The number of hydrogen-bond donors (Lipinski definition) is 2. The lowest BCUT2D eigenvalue weighted by molar-refractivity contribution is 0.395. The van der Waals surface area contributed by atoms with E-state index in [1.54, 1.807) is 31.0 Å². The molecule has 0 aliphatic rings. The number of nitrogens with one attached hydrogen (secondary N) is 2. The van der Waals surface area contributed by atoms with E-state index in [2.05, 4.69) is 26.5 Å². The summed E-state index contributed by atoms with van der Waals surface area (Å²) < 4.78 is 12.5. The van der Waals surface area contributed by atoms with E-state index in [9.17, 15) is 5.26 Å². The van der Waals surface area contributed by atoms with Gasteiger partial charge in [0, 0.05) is 18.0 Å². The number of fused-ring (bicyclic) bond motifs is 1. The van der Waals surface area contributed by atoms with Crippen molar-refractivity contribution in [3.05, 3.63) is 53.9 Å². The molecule has 0 aliphatic carbocycles. The third-order valence-electron chi connectivity index (χ3n) is 4.37. The Bertz CT molecular complexity index is 1200. The summed E-state index contributed by atoms with van der Waals surface area (Å²) in [5, 5.41) is 15.8. The Hall–Kier alpha value is -3.99. The van der Waals surface area contributed by atoms with Crippen LogP contribution in [0, 0.1) is 18.3 Å². The van der Waals surface area contributed by atoms with Crippen molar-refractivity contribution in [1.29, 1.82) is 5.26 Å². The zero-order valence-corrected chi connectivity index (χ0v) is 15.6. The number of ether oxygens (including phenoxy) is 2. The topological polar surface area (TPSA) is 100 Å². The van der Waals surface area contributed by atoms with Gasteiger partial charge in [0.05, 0.1) is 25.6 Å². The number of pyridine rings is 1. The van der Waals surface area contributed by atoms with Crippen LogP contribution in [0.25, 0.3) is 17.0 Å². The van der Waals surface area contributed by atoms with Crippen LogP contribution in [-0.2, 0) is 0 Å². The van der Waals surface area contributed by atoms with E-state index in [0.29, 0.717) is 39.9 Å². The van der Waals surface area contributed by atoms with Crippen LogP contribution in [0.15, 0.2) is 42.6 Å². The highest BCUT2D eigenvalue weighted by Crippen LogP contribution is 2.35. The first-order chi connectivity index (χ1) is 13.6. The molecule has 3 aromatic heterocycles. The van der Waals surface area contributed by atoms with Crippen LogP contribution < -0.4 is 14.8 Å². The molecule has 1 aromatic carbocycles. The van der Waals surface area contributed by atoms with Gasteiger partial charge in [0.1, 0.15) is 28.8 Å². The number of aromatic amines is 1. The van der Waals surface area contributed by atoms with E-state index in [-0.39, 0.29) is 0 Å². The molecule has 0 aliphatic heterocycles. The van der Waals surface area contributed by atoms with Gasteiger partial charge in [-0.2, -0.15) is 5.26 Å². The summed E-state index contributed by atoms with van der Waals surface area (Å²) >= 11 is 0. The SMILES string of the molecule is COc1ccc(Nc2c(-c3cccc(C)n3)nc3c(C#N)c[nH]n23)c(OC)c1. The highest BCUT2D eigenvalue weighted by atomic mass is 16.5. The van der Waals surface area contributed by atoms with E-state index in [0.717, 1.165) is 11.4 Å². The maximum Gasteiger partial charge on any atom is 0.173 e. The smallest absolute Gasteiger partial charge is 0.173 e. The summed E-state index contributed by atoms with van der Waals surface area (Å²) in [6.45, 7) is 1.92. The quantitative estimate of drug-likeness (QED) is 0.553. The Morgan fingerprint density at radius 3 is 2.71 bits per heavy atom. The predicted octanol–water partition coefficient (Wildman–Crippen LogP) is 3.67. The summed E-state index contributed by atoms with van der Waals surface area (Å²) in [6, 6.07) is 13.4. The lowest BCUT2D eigenvalue weighted by Gasteiger charge is -2.13. The van der Waals surface area contributed by atoms with Crippen LogP contribution in [0.2, 0.25) is 0 Å². The molecule has 8 heteroatoms. The highest BCUT2D eigenvalue weighted by molar-refractivity contribution is 5.81. The second kappa shape index (κ2) is 6.96. The van der Waals surface area contributed by atoms with E-state index < -0.39 is 0 Å². The third-order valence-corrected chi connectivity index (χ3v) is 4.37. The van der Waals surface area contributed by atoms with Gasteiger partial charge in [-0.05, 0) is 31.2 Å². The number of anilines is 2. The molecule has 4 rings (SSSR count). The van der Waals surface area contributed by atoms with Gasteiger partial charge in [-0.1, -0.05) is 6.07 Å². The number of nitrogens with zero attached hydrogens (tertiary/aromatic N) is 4. The molecule has 0 amide bonds. The minimum atomic E-state index is 0.448. The van der Waals surface area contributed by atoms with Gasteiger partial charge in [-0.3, -0.25) is 10.1 Å². The second-order valence-electron chi connectivity index (χ2n) is 6.12. The predicted molar refractivity (Wildman–Crippen MR) is 105 cm³/mol. The summed E-state index contributed by atoms with van der Waals surface area (Å²) in [6.07, 6.45) is 1.62. The van der Waals surface area contributed by atoms with Crippen molar-refractivity contribution in [2.45, 2.75) is 6.92 Å². The molecule has 0 spiro atoms. The van der Waals surface area contributed by atoms with Crippen LogP contribution in [0.3, 0.4) is 0 Å². The van der Waals surface area contributed by atoms with Gasteiger partial charge in [-0.25, -0.2) is 9.50 Å². The molecule has 4 aromatic rings. The second-order valence-corrected chi connectivity index (χ2v) is 6.12. The molecule has 0 atom stereocenters. The summed E-state index contributed by atoms with van der Waals surface area (Å²) in [7, 11) is 3.20. The average Bonchev–Trinajstić information content (AvgIpc) is 3.28. The largest absolute Gasteiger partial charge is 0.497 e. The average molecular weight is 374 g/mol. The molecule has 0 unspecified atom stereocenters. The van der Waals surface area contributed by atoms with Gasteiger partial charge < -0.3 is 14.8 Å². The molecule has 2 N–H and O–H groups in total. The van der Waals surface area contributed by atoms with Gasteiger partial charge in [-0.15, -0.1) is 0 Å². The van der Waals surface area contributed by atoms with Crippen LogP contribution in [0.1, 0.15) is 11.3 Å². The minimum absolute atomic E-state index is 0.448. The van der Waals surface area contributed by atoms with Crippen LogP contribution in [-0.4, -0.2) is 33.8 Å². The van der Waals surface area contributed by atoms with Crippen molar-refractivity contribution in [3.8, 4) is 29.0 Å². The fourth-order valence-electron chi connectivity index (χ4n) is 3.00. The van der Waals surface area contributed by atoms with Crippen molar-refractivity contribution in [3.63, 3.8) is 0 Å². The lowest BCUT2D eigenvalue weighted by atomic mass is 10.2. The first-order valence-corrected chi connectivity index (χ1v) is 8.57. The third kappa shape index (κ3) is 2.89. The molecule has 0 saturated carbocycles. The normalized spacial score (nSPS) is 10.6. The fourth-order valence-corrected chi connectivity index (χ4v) is 3.00. The molecular weight excluding hydrogens is 356 g/mol. The molecule has 0 fully saturated rings. The monoisotopic (exact) mass is 374 g/mol. The molecule has 28 heavy (non-hydrogen) atoms. The van der Waals surface area contributed by atoms with Gasteiger partial charge >= 0.3 is 0 Å². The number of rotatable bonds is 5. The van der Waals surface area contributed by atoms with E-state index in [4.69, 9.17) is 9.47 Å². The molecule has 0 radical (unpaired) electrons. The van der Waals surface area contributed by atoms with Crippen LogP contribution >= 0.6 is 0 Å². The fraction of sp³-hybridized carbons (Fsp3) is 0.150. The Labute approximate surface area is 161 Å². The Morgan fingerprint density at radius 1 is 1.14 bits per heavy atom. The molecule has 140 valence electrons. The van der Waals surface area contributed by atoms with E-state index >= 15 is 0 Å². The number of hydrogen-bond acceptors (Lipinski definition) is 6. The Kier molecular flexibility index (Phi) is 4.33. The number of H-pyrrole nitrogens is 1. The number of aryl methyl sites for hydroxylation is 1. The number of nitriles is 1.